The number of alkyl halides is 2. The molecule has 0 aliphatic carbocycles. The van der Waals surface area contributed by atoms with Crippen LogP contribution in [0.5, 0.6) is 0 Å². The molecule has 3 aromatic carbocycles. The summed E-state index contributed by atoms with van der Waals surface area (Å²) in [5.41, 5.74) is 0.982. The fourth-order valence-electron chi connectivity index (χ4n) is 5.59. The van der Waals surface area contributed by atoms with Crippen LogP contribution in [0.15, 0.2) is 91.0 Å². The molecule has 0 radical (unpaired) electrons. The molecule has 0 saturated carbocycles. The van der Waals surface area contributed by atoms with E-state index in [-0.39, 0.29) is 16.6 Å². The summed E-state index contributed by atoms with van der Waals surface area (Å²) < 4.78 is 34.0. The summed E-state index contributed by atoms with van der Waals surface area (Å²) in [6.45, 7) is 13.0. The molecule has 0 N–H and O–H groups in total. The summed E-state index contributed by atoms with van der Waals surface area (Å²) in [5, 5.41) is 1.95. The maximum absolute atomic E-state index is 17.0. The van der Waals surface area contributed by atoms with E-state index in [1.54, 1.807) is 0 Å². The monoisotopic (exact) mass is 493 g/mol. The summed E-state index contributed by atoms with van der Waals surface area (Å²) >= 11 is 0. The minimum atomic E-state index is -3.42. The molecule has 0 bridgehead atoms. The molecule has 0 heterocycles. The van der Waals surface area contributed by atoms with Gasteiger partial charge in [0.15, 0.2) is 7.26 Å². The first kappa shape index (κ1) is 26.3. The van der Waals surface area contributed by atoms with Crippen molar-refractivity contribution in [3.63, 3.8) is 0 Å². The maximum Gasteiger partial charge on any atom is 0.430 e. The van der Waals surface area contributed by atoms with Crippen molar-refractivity contribution in [3.05, 3.63) is 91.0 Å². The van der Waals surface area contributed by atoms with E-state index in [0.29, 0.717) is 15.9 Å². The molecule has 0 fully saturated rings. The van der Waals surface area contributed by atoms with E-state index >= 15 is 8.78 Å². The van der Waals surface area contributed by atoms with Gasteiger partial charge in [-0.3, -0.25) is 0 Å². The van der Waals surface area contributed by atoms with Gasteiger partial charge in [0.25, 0.3) is 0 Å². The normalized spacial score (nSPS) is 12.7. The van der Waals surface area contributed by atoms with Crippen LogP contribution in [0.2, 0.25) is 16.6 Å². The topological polar surface area (TPSA) is 0 Å². The first-order chi connectivity index (χ1) is 16.1. The lowest BCUT2D eigenvalue weighted by Crippen LogP contribution is -2.45. The second kappa shape index (κ2) is 10.6. The van der Waals surface area contributed by atoms with Gasteiger partial charge >= 0.3 is 5.66 Å². The Labute approximate surface area is 206 Å². The molecular formula is C30H36F2PSi+. The number of halogens is 2. The Morgan fingerprint density at radius 2 is 0.882 bits per heavy atom. The predicted molar refractivity (Wildman–Crippen MR) is 149 cm³/mol. The first-order valence-electron chi connectivity index (χ1n) is 12.1. The van der Waals surface area contributed by atoms with Gasteiger partial charge in [-0.05, 0) is 53.0 Å². The molecule has 3 rings (SSSR count). The summed E-state index contributed by atoms with van der Waals surface area (Å²) in [6, 6.07) is 27.9. The van der Waals surface area contributed by atoms with Gasteiger partial charge in [-0.25, -0.2) is 0 Å². The lowest BCUT2D eigenvalue weighted by atomic mass is 10.4. The van der Waals surface area contributed by atoms with Crippen molar-refractivity contribution in [1.82, 2.24) is 0 Å². The highest BCUT2D eigenvalue weighted by molar-refractivity contribution is 7.96. The lowest BCUT2D eigenvalue weighted by molar-refractivity contribution is 0.166. The van der Waals surface area contributed by atoms with Crippen molar-refractivity contribution in [2.75, 3.05) is 0 Å². The molecule has 0 amide bonds. The average molecular weight is 494 g/mol. The van der Waals surface area contributed by atoms with Crippen LogP contribution in [0, 0.1) is 11.5 Å². The number of rotatable bonds is 7. The molecule has 0 aliphatic rings. The summed E-state index contributed by atoms with van der Waals surface area (Å²) in [5.74, 6) is 2.71. The van der Waals surface area contributed by atoms with Gasteiger partial charge in [0.05, 0.1) is 0 Å². The largest absolute Gasteiger partial charge is 0.430 e. The van der Waals surface area contributed by atoms with Gasteiger partial charge in [-0.2, -0.15) is 8.78 Å². The molecule has 34 heavy (non-hydrogen) atoms. The van der Waals surface area contributed by atoms with Crippen molar-refractivity contribution in [2.24, 2.45) is 0 Å². The quantitative estimate of drug-likeness (QED) is 0.179. The zero-order valence-electron chi connectivity index (χ0n) is 21.1. The highest BCUT2D eigenvalue weighted by Crippen LogP contribution is 2.67. The zero-order valence-corrected chi connectivity index (χ0v) is 23.0. The van der Waals surface area contributed by atoms with Gasteiger partial charge in [-0.1, -0.05) is 96.1 Å². The smallest absolute Gasteiger partial charge is 0.153 e. The van der Waals surface area contributed by atoms with Gasteiger partial charge < -0.3 is 0 Å². The summed E-state index contributed by atoms with van der Waals surface area (Å²) in [6.07, 6.45) is 0. The predicted octanol–water partition coefficient (Wildman–Crippen LogP) is 7.79. The summed E-state index contributed by atoms with van der Waals surface area (Å²) in [4.78, 5) is 0. The van der Waals surface area contributed by atoms with Crippen LogP contribution in [0.25, 0.3) is 0 Å². The van der Waals surface area contributed by atoms with Gasteiger partial charge in [-0.15, -0.1) is 5.54 Å². The number of hydrogen-bond acceptors (Lipinski definition) is 0. The molecule has 0 saturated heterocycles. The van der Waals surface area contributed by atoms with Crippen molar-refractivity contribution in [3.8, 4) is 11.5 Å². The highest BCUT2D eigenvalue weighted by atomic mass is 31.2. The van der Waals surface area contributed by atoms with E-state index in [9.17, 15) is 0 Å². The molecule has 0 atom stereocenters. The molecular weight excluding hydrogens is 457 g/mol. The van der Waals surface area contributed by atoms with Crippen LogP contribution in [0.1, 0.15) is 41.5 Å². The first-order valence-corrected chi connectivity index (χ1v) is 16.1. The Balaban J connectivity index is 2.42. The van der Waals surface area contributed by atoms with Crippen molar-refractivity contribution >= 4 is 31.2 Å². The van der Waals surface area contributed by atoms with Crippen LogP contribution in [-0.4, -0.2) is 13.7 Å². The van der Waals surface area contributed by atoms with Crippen LogP contribution >= 0.6 is 7.26 Å². The Morgan fingerprint density at radius 3 is 1.15 bits per heavy atom. The number of benzene rings is 3. The van der Waals surface area contributed by atoms with Crippen LogP contribution in [-0.2, 0) is 0 Å². The minimum Gasteiger partial charge on any atom is -0.153 e. The van der Waals surface area contributed by atoms with Gasteiger partial charge in [0.1, 0.15) is 24.0 Å². The van der Waals surface area contributed by atoms with E-state index in [2.05, 4.69) is 53.0 Å². The highest BCUT2D eigenvalue weighted by Gasteiger charge is 2.65. The SMILES string of the molecule is CC(C)[Si](C#CC(F)(F)[P+](c1ccccc1)(c1ccccc1)c1ccccc1)(C(C)C)C(C)C. The molecule has 0 unspecified atom stereocenters. The average Bonchev–Trinajstić information content (AvgIpc) is 2.81. The Kier molecular flexibility index (Phi) is 8.17. The fourth-order valence-corrected chi connectivity index (χ4v) is 14.9. The molecule has 4 heteroatoms. The third kappa shape index (κ3) is 4.51. The van der Waals surface area contributed by atoms with E-state index < -0.39 is 21.0 Å². The molecule has 0 aromatic heterocycles. The molecule has 0 aliphatic heterocycles. The fraction of sp³-hybridized carbons (Fsp3) is 0.333. The number of hydrogen-bond donors (Lipinski definition) is 0. The van der Waals surface area contributed by atoms with Crippen LogP contribution in [0.3, 0.4) is 0 Å². The molecule has 0 spiro atoms. The van der Waals surface area contributed by atoms with Gasteiger partial charge in [0.2, 0.25) is 0 Å². The molecule has 178 valence electrons. The van der Waals surface area contributed by atoms with Crippen LogP contribution in [0.4, 0.5) is 8.78 Å². The minimum absolute atomic E-state index is 0.286. The standard InChI is InChI=1S/C30H36F2PSi/c1-24(2)34(25(3)4,26(5)6)23-22-30(31,32)33(27-16-10-7-11-17-27,28-18-12-8-13-19-28)29-20-14-9-15-21-29/h7-21,24-26H,1-6H3/q+1. The van der Waals surface area contributed by atoms with E-state index in [1.807, 2.05) is 91.0 Å². The Bertz CT molecular complexity index is 996. The van der Waals surface area contributed by atoms with Gasteiger partial charge in [0, 0.05) is 5.92 Å². The van der Waals surface area contributed by atoms with Crippen molar-refractivity contribution in [1.29, 1.82) is 0 Å². The second-order valence-corrected chi connectivity index (χ2v) is 18.9. The van der Waals surface area contributed by atoms with Crippen LogP contribution < -0.4 is 15.9 Å². The third-order valence-corrected chi connectivity index (χ3v) is 17.6. The lowest BCUT2D eigenvalue weighted by Gasteiger charge is -2.38. The van der Waals surface area contributed by atoms with E-state index in [0.717, 1.165) is 0 Å². The van der Waals surface area contributed by atoms with E-state index in [4.69, 9.17) is 0 Å². The molecule has 0 nitrogen and oxygen atoms in total. The van der Waals surface area contributed by atoms with Crippen molar-refractivity contribution in [2.45, 2.75) is 63.8 Å². The molecule has 3 aromatic rings. The zero-order chi connectivity index (χ0) is 25.0. The Morgan fingerprint density at radius 1 is 0.588 bits per heavy atom. The third-order valence-electron chi connectivity index (χ3n) is 7.15. The maximum atomic E-state index is 17.0. The van der Waals surface area contributed by atoms with Crippen molar-refractivity contribution < 1.29 is 8.78 Å². The van der Waals surface area contributed by atoms with E-state index in [1.165, 1.54) is 0 Å². The summed E-state index contributed by atoms with van der Waals surface area (Å²) in [7, 11) is -5.76. The second-order valence-electron chi connectivity index (χ2n) is 9.87. The Hall–Kier alpha value is -2.27.